The van der Waals surface area contributed by atoms with Crippen LogP contribution in [0.3, 0.4) is 0 Å². The van der Waals surface area contributed by atoms with Crippen molar-refractivity contribution in [1.29, 1.82) is 0 Å². The van der Waals surface area contributed by atoms with Crippen molar-refractivity contribution >= 4 is 0 Å². The van der Waals surface area contributed by atoms with Gasteiger partial charge in [-0.15, -0.1) is 0 Å². The summed E-state index contributed by atoms with van der Waals surface area (Å²) in [5.41, 5.74) is -0.802. The van der Waals surface area contributed by atoms with Crippen molar-refractivity contribution in [3.63, 3.8) is 0 Å². The van der Waals surface area contributed by atoms with Gasteiger partial charge in [0, 0.05) is 6.04 Å². The molecule has 0 aliphatic carbocycles. The van der Waals surface area contributed by atoms with Crippen LogP contribution in [0.2, 0.25) is 0 Å². The Hall–Kier alpha value is -1.04. The Labute approximate surface area is 86.1 Å². The molecule has 1 aromatic rings. The summed E-state index contributed by atoms with van der Waals surface area (Å²) in [6.07, 6.45) is -2.61. The summed E-state index contributed by atoms with van der Waals surface area (Å²) in [5, 5.41) is 3.05. The molecule has 1 atom stereocenters. The van der Waals surface area contributed by atoms with E-state index in [1.807, 2.05) is 13.8 Å². The molecule has 0 aromatic carbocycles. The lowest BCUT2D eigenvalue weighted by molar-refractivity contribution is -0.140. The van der Waals surface area contributed by atoms with Crippen molar-refractivity contribution in [2.45, 2.75) is 39.0 Å². The Kier molecular flexibility index (Phi) is 3.73. The number of hydrogen-bond donors (Lipinski definition) is 2. The van der Waals surface area contributed by atoms with Crippen LogP contribution in [0.1, 0.15) is 31.8 Å². The molecule has 0 saturated heterocycles. The first-order chi connectivity index (χ1) is 6.93. The van der Waals surface area contributed by atoms with Crippen molar-refractivity contribution in [2.75, 3.05) is 0 Å². The molecule has 15 heavy (non-hydrogen) atoms. The molecular formula is C9H14F3N3. The van der Waals surface area contributed by atoms with Gasteiger partial charge in [-0.2, -0.15) is 13.2 Å². The molecule has 1 aromatic heterocycles. The minimum Gasteiger partial charge on any atom is -0.337 e. The zero-order chi connectivity index (χ0) is 11.5. The number of halogens is 3. The molecule has 6 heteroatoms. The minimum absolute atomic E-state index is 0.268. The first-order valence-corrected chi connectivity index (χ1v) is 4.78. The summed E-state index contributed by atoms with van der Waals surface area (Å²) in [6, 6.07) is 0.268. The second-order valence-electron chi connectivity index (χ2n) is 3.43. The quantitative estimate of drug-likeness (QED) is 0.819. The lowest BCUT2D eigenvalue weighted by atomic mass is 10.2. The van der Waals surface area contributed by atoms with E-state index in [2.05, 4.69) is 15.3 Å². The number of hydrogen-bond acceptors (Lipinski definition) is 2. The monoisotopic (exact) mass is 221 g/mol. The van der Waals surface area contributed by atoms with Crippen LogP contribution in [0, 0.1) is 0 Å². The number of aromatic amines is 1. The van der Waals surface area contributed by atoms with Gasteiger partial charge in [0.25, 0.3) is 0 Å². The van der Waals surface area contributed by atoms with Gasteiger partial charge in [0.15, 0.2) is 0 Å². The normalized spacial score (nSPS) is 14.2. The fraction of sp³-hybridized carbons (Fsp3) is 0.667. The van der Waals surface area contributed by atoms with E-state index in [9.17, 15) is 13.2 Å². The molecule has 0 spiro atoms. The van der Waals surface area contributed by atoms with Gasteiger partial charge in [0.1, 0.15) is 11.5 Å². The van der Waals surface area contributed by atoms with Crippen LogP contribution in [-0.2, 0) is 12.7 Å². The molecule has 0 fully saturated rings. The third kappa shape index (κ3) is 3.54. The third-order valence-electron chi connectivity index (χ3n) is 2.16. The summed E-state index contributed by atoms with van der Waals surface area (Å²) in [5.74, 6) is 0.308. The van der Waals surface area contributed by atoms with Gasteiger partial charge < -0.3 is 10.3 Å². The standard InChI is InChI=1S/C9H14F3N3/c1-3-6(2)13-5-8-14-4-7(15-8)9(10,11)12/h4,6,13H,3,5H2,1-2H3,(H,14,15). The average Bonchev–Trinajstić information content (AvgIpc) is 2.61. The zero-order valence-electron chi connectivity index (χ0n) is 8.65. The predicted molar refractivity (Wildman–Crippen MR) is 50.2 cm³/mol. The maximum atomic E-state index is 12.2. The van der Waals surface area contributed by atoms with Crippen molar-refractivity contribution < 1.29 is 13.2 Å². The Morgan fingerprint density at radius 1 is 1.53 bits per heavy atom. The van der Waals surface area contributed by atoms with E-state index in [0.29, 0.717) is 12.4 Å². The van der Waals surface area contributed by atoms with E-state index in [1.165, 1.54) is 0 Å². The minimum atomic E-state index is -4.35. The van der Waals surface area contributed by atoms with Crippen LogP contribution in [0.4, 0.5) is 13.2 Å². The SMILES string of the molecule is CCC(C)NCc1ncc(C(F)(F)F)[nH]1. The molecule has 0 saturated carbocycles. The van der Waals surface area contributed by atoms with E-state index in [-0.39, 0.29) is 6.04 Å². The zero-order valence-corrected chi connectivity index (χ0v) is 8.65. The fourth-order valence-electron chi connectivity index (χ4n) is 1.01. The average molecular weight is 221 g/mol. The number of alkyl halides is 3. The maximum absolute atomic E-state index is 12.2. The van der Waals surface area contributed by atoms with Crippen LogP contribution in [0.5, 0.6) is 0 Å². The highest BCUT2D eigenvalue weighted by atomic mass is 19.4. The molecular weight excluding hydrogens is 207 g/mol. The summed E-state index contributed by atoms with van der Waals surface area (Å²) in [4.78, 5) is 5.88. The van der Waals surface area contributed by atoms with E-state index in [0.717, 1.165) is 12.6 Å². The van der Waals surface area contributed by atoms with Crippen LogP contribution >= 0.6 is 0 Å². The van der Waals surface area contributed by atoms with Crippen LogP contribution in [-0.4, -0.2) is 16.0 Å². The van der Waals surface area contributed by atoms with Crippen molar-refractivity contribution in [3.8, 4) is 0 Å². The smallest absolute Gasteiger partial charge is 0.337 e. The Balaban J connectivity index is 2.54. The highest BCUT2D eigenvalue weighted by molar-refractivity contribution is 5.04. The maximum Gasteiger partial charge on any atom is 0.432 e. The number of aromatic nitrogens is 2. The second-order valence-corrected chi connectivity index (χ2v) is 3.43. The first kappa shape index (κ1) is 12.0. The van der Waals surface area contributed by atoms with E-state index >= 15 is 0 Å². The molecule has 2 N–H and O–H groups in total. The Morgan fingerprint density at radius 2 is 2.20 bits per heavy atom. The van der Waals surface area contributed by atoms with Crippen molar-refractivity contribution in [1.82, 2.24) is 15.3 Å². The summed E-state index contributed by atoms with van der Waals surface area (Å²) < 4.78 is 36.5. The van der Waals surface area contributed by atoms with Gasteiger partial charge in [0.05, 0.1) is 12.7 Å². The van der Waals surface area contributed by atoms with Crippen molar-refractivity contribution in [3.05, 3.63) is 17.7 Å². The molecule has 0 radical (unpaired) electrons. The van der Waals surface area contributed by atoms with Gasteiger partial charge in [-0.3, -0.25) is 0 Å². The number of imidazole rings is 1. The van der Waals surface area contributed by atoms with Gasteiger partial charge in [-0.1, -0.05) is 6.92 Å². The highest BCUT2D eigenvalue weighted by Crippen LogP contribution is 2.27. The number of rotatable bonds is 4. The number of H-pyrrole nitrogens is 1. The highest BCUT2D eigenvalue weighted by Gasteiger charge is 2.32. The largest absolute Gasteiger partial charge is 0.432 e. The molecule has 0 amide bonds. The molecule has 3 nitrogen and oxygen atoms in total. The molecule has 1 unspecified atom stereocenters. The predicted octanol–water partition coefficient (Wildman–Crippen LogP) is 2.32. The Morgan fingerprint density at radius 3 is 2.67 bits per heavy atom. The van der Waals surface area contributed by atoms with E-state index in [4.69, 9.17) is 0 Å². The number of nitrogens with zero attached hydrogens (tertiary/aromatic N) is 1. The van der Waals surface area contributed by atoms with Gasteiger partial charge >= 0.3 is 6.18 Å². The lowest BCUT2D eigenvalue weighted by Gasteiger charge is -2.09. The third-order valence-corrected chi connectivity index (χ3v) is 2.16. The topological polar surface area (TPSA) is 40.7 Å². The fourth-order valence-corrected chi connectivity index (χ4v) is 1.01. The second kappa shape index (κ2) is 4.65. The van der Waals surface area contributed by atoms with Gasteiger partial charge in [-0.05, 0) is 13.3 Å². The van der Waals surface area contributed by atoms with Crippen molar-refractivity contribution in [2.24, 2.45) is 0 Å². The molecule has 86 valence electrons. The van der Waals surface area contributed by atoms with Gasteiger partial charge in [0.2, 0.25) is 0 Å². The molecule has 0 bridgehead atoms. The first-order valence-electron chi connectivity index (χ1n) is 4.78. The van der Waals surface area contributed by atoms with Crippen LogP contribution in [0.15, 0.2) is 6.20 Å². The summed E-state index contributed by atoms with van der Waals surface area (Å²) >= 11 is 0. The molecule has 1 heterocycles. The van der Waals surface area contributed by atoms with Gasteiger partial charge in [-0.25, -0.2) is 4.98 Å². The number of nitrogens with one attached hydrogen (secondary N) is 2. The van der Waals surface area contributed by atoms with Crippen LogP contribution < -0.4 is 5.32 Å². The molecule has 0 aliphatic rings. The lowest BCUT2D eigenvalue weighted by Crippen LogP contribution is -2.25. The van der Waals surface area contributed by atoms with Crippen LogP contribution in [0.25, 0.3) is 0 Å². The molecule has 1 rings (SSSR count). The van der Waals surface area contributed by atoms with E-state index in [1.54, 1.807) is 0 Å². The summed E-state index contributed by atoms with van der Waals surface area (Å²) in [7, 11) is 0. The van der Waals surface area contributed by atoms with E-state index < -0.39 is 11.9 Å². The summed E-state index contributed by atoms with van der Waals surface area (Å²) in [6.45, 7) is 4.29. The molecule has 0 aliphatic heterocycles. The Bertz CT molecular complexity index is 306.